The van der Waals surface area contributed by atoms with Crippen molar-refractivity contribution in [3.63, 3.8) is 0 Å². The van der Waals surface area contributed by atoms with E-state index in [9.17, 15) is 4.79 Å². The van der Waals surface area contributed by atoms with Gasteiger partial charge in [0.1, 0.15) is 5.75 Å². The number of pyridine rings is 1. The summed E-state index contributed by atoms with van der Waals surface area (Å²) in [5, 5.41) is 6.14. The third-order valence-electron chi connectivity index (χ3n) is 5.18. The Hall–Kier alpha value is -3.67. The number of carbonyl (C=O) groups excluding carboxylic acids is 1. The summed E-state index contributed by atoms with van der Waals surface area (Å²) in [5.74, 6) is 1.38. The van der Waals surface area contributed by atoms with Gasteiger partial charge in [0.05, 0.1) is 13.2 Å². The number of benzene rings is 2. The predicted octanol–water partition coefficient (Wildman–Crippen LogP) is 5.39. The Morgan fingerprint density at radius 1 is 1.00 bits per heavy atom. The SMILES string of the molecule is CCOc1ccc(C(=O)NC(=NCc2ccncc2)Nc2ccc([C@H](C)CC)cc2)cc1. The summed E-state index contributed by atoms with van der Waals surface area (Å²) in [6.07, 6.45) is 4.54. The van der Waals surface area contributed by atoms with Crippen LogP contribution in [0.2, 0.25) is 0 Å². The molecular formula is C26H30N4O2. The number of hydrogen-bond donors (Lipinski definition) is 2. The van der Waals surface area contributed by atoms with Crippen LogP contribution in [-0.4, -0.2) is 23.5 Å². The van der Waals surface area contributed by atoms with Crippen LogP contribution in [0.25, 0.3) is 0 Å². The monoisotopic (exact) mass is 430 g/mol. The fraction of sp³-hybridized carbons (Fsp3) is 0.269. The average molecular weight is 431 g/mol. The molecule has 0 fully saturated rings. The maximum absolute atomic E-state index is 12.8. The van der Waals surface area contributed by atoms with Crippen LogP contribution < -0.4 is 15.4 Å². The van der Waals surface area contributed by atoms with Gasteiger partial charge in [-0.1, -0.05) is 26.0 Å². The molecule has 0 unspecified atom stereocenters. The molecule has 1 atom stereocenters. The van der Waals surface area contributed by atoms with Gasteiger partial charge in [0, 0.05) is 23.6 Å². The maximum atomic E-state index is 12.8. The fourth-order valence-corrected chi connectivity index (χ4v) is 3.09. The summed E-state index contributed by atoms with van der Waals surface area (Å²) in [7, 11) is 0. The van der Waals surface area contributed by atoms with Crippen molar-refractivity contribution in [1.29, 1.82) is 0 Å². The number of aliphatic imine (C=N–C) groups is 1. The average Bonchev–Trinajstić information content (AvgIpc) is 2.84. The van der Waals surface area contributed by atoms with Crippen LogP contribution in [0.4, 0.5) is 5.69 Å². The van der Waals surface area contributed by atoms with Gasteiger partial charge in [0.2, 0.25) is 5.96 Å². The minimum absolute atomic E-state index is 0.245. The molecule has 2 aromatic carbocycles. The van der Waals surface area contributed by atoms with Crippen molar-refractivity contribution < 1.29 is 9.53 Å². The smallest absolute Gasteiger partial charge is 0.257 e. The lowest BCUT2D eigenvalue weighted by molar-refractivity contribution is 0.0977. The molecule has 2 N–H and O–H groups in total. The first kappa shape index (κ1) is 23.0. The van der Waals surface area contributed by atoms with Crippen molar-refractivity contribution >= 4 is 17.6 Å². The molecule has 166 valence electrons. The maximum Gasteiger partial charge on any atom is 0.257 e. The van der Waals surface area contributed by atoms with Crippen molar-refractivity contribution in [2.75, 3.05) is 11.9 Å². The molecule has 1 heterocycles. The molecule has 0 aliphatic heterocycles. The third-order valence-corrected chi connectivity index (χ3v) is 5.18. The molecule has 1 aromatic heterocycles. The van der Waals surface area contributed by atoms with E-state index in [1.54, 1.807) is 36.7 Å². The van der Waals surface area contributed by atoms with E-state index < -0.39 is 0 Å². The van der Waals surface area contributed by atoms with Crippen LogP contribution >= 0.6 is 0 Å². The summed E-state index contributed by atoms with van der Waals surface area (Å²) in [6.45, 7) is 7.31. The van der Waals surface area contributed by atoms with E-state index >= 15 is 0 Å². The molecule has 0 spiro atoms. The highest BCUT2D eigenvalue weighted by molar-refractivity contribution is 6.10. The van der Waals surface area contributed by atoms with Gasteiger partial charge < -0.3 is 10.1 Å². The molecule has 6 heteroatoms. The molecule has 0 radical (unpaired) electrons. The van der Waals surface area contributed by atoms with E-state index in [2.05, 4.69) is 46.6 Å². The second-order valence-corrected chi connectivity index (χ2v) is 7.49. The quantitative estimate of drug-likeness (QED) is 0.371. The Bertz CT molecular complexity index is 1020. The Labute approximate surface area is 189 Å². The van der Waals surface area contributed by atoms with Crippen LogP contribution in [0.5, 0.6) is 5.75 Å². The molecule has 0 saturated heterocycles. The fourth-order valence-electron chi connectivity index (χ4n) is 3.09. The Morgan fingerprint density at radius 3 is 2.31 bits per heavy atom. The normalized spacial score (nSPS) is 12.2. The second kappa shape index (κ2) is 11.6. The van der Waals surface area contributed by atoms with Crippen molar-refractivity contribution in [3.8, 4) is 5.75 Å². The number of carbonyl (C=O) groups is 1. The van der Waals surface area contributed by atoms with Gasteiger partial charge in [-0.15, -0.1) is 0 Å². The molecule has 0 aliphatic carbocycles. The molecular weight excluding hydrogens is 400 g/mol. The largest absolute Gasteiger partial charge is 0.494 e. The van der Waals surface area contributed by atoms with Gasteiger partial charge in [0.25, 0.3) is 5.91 Å². The Kier molecular flexibility index (Phi) is 8.37. The van der Waals surface area contributed by atoms with Gasteiger partial charge >= 0.3 is 0 Å². The molecule has 3 aromatic rings. The number of amides is 1. The van der Waals surface area contributed by atoms with Crippen LogP contribution in [0.15, 0.2) is 78.0 Å². The van der Waals surface area contributed by atoms with Gasteiger partial charge in [-0.05, 0) is 78.9 Å². The zero-order valence-electron chi connectivity index (χ0n) is 18.8. The molecule has 0 bridgehead atoms. The van der Waals surface area contributed by atoms with Gasteiger partial charge in [-0.3, -0.25) is 15.1 Å². The lowest BCUT2D eigenvalue weighted by atomic mass is 9.99. The van der Waals surface area contributed by atoms with Crippen molar-refractivity contribution in [1.82, 2.24) is 10.3 Å². The van der Waals surface area contributed by atoms with Gasteiger partial charge in [-0.25, -0.2) is 4.99 Å². The van der Waals surface area contributed by atoms with Crippen molar-refractivity contribution in [3.05, 3.63) is 89.7 Å². The van der Waals surface area contributed by atoms with Crippen molar-refractivity contribution in [2.24, 2.45) is 4.99 Å². The van der Waals surface area contributed by atoms with E-state index in [1.165, 1.54) is 5.56 Å². The Balaban J connectivity index is 1.76. The van der Waals surface area contributed by atoms with Crippen LogP contribution in [0.1, 0.15) is 54.6 Å². The minimum atomic E-state index is -0.245. The molecule has 32 heavy (non-hydrogen) atoms. The first-order chi connectivity index (χ1) is 15.6. The summed E-state index contributed by atoms with van der Waals surface area (Å²) in [4.78, 5) is 21.5. The highest BCUT2D eigenvalue weighted by Gasteiger charge is 2.10. The van der Waals surface area contributed by atoms with Crippen LogP contribution in [0, 0.1) is 0 Å². The zero-order chi connectivity index (χ0) is 22.8. The van der Waals surface area contributed by atoms with Gasteiger partial charge in [-0.2, -0.15) is 0 Å². The molecule has 0 saturated carbocycles. The highest BCUT2D eigenvalue weighted by Crippen LogP contribution is 2.20. The van der Waals surface area contributed by atoms with Crippen LogP contribution in [0.3, 0.4) is 0 Å². The van der Waals surface area contributed by atoms with E-state index in [-0.39, 0.29) is 5.91 Å². The number of ether oxygens (including phenoxy) is 1. The van der Waals surface area contributed by atoms with Crippen LogP contribution in [-0.2, 0) is 6.54 Å². The molecule has 1 amide bonds. The number of aromatic nitrogens is 1. The zero-order valence-corrected chi connectivity index (χ0v) is 18.8. The first-order valence-electron chi connectivity index (χ1n) is 10.9. The van der Waals surface area contributed by atoms with Crippen molar-refractivity contribution in [2.45, 2.75) is 39.7 Å². The van der Waals surface area contributed by atoms with E-state index in [4.69, 9.17) is 4.74 Å². The standard InChI is InChI=1S/C26H30N4O2/c1-4-19(3)21-6-10-23(11-7-21)29-26(28-18-20-14-16-27-17-15-20)30-25(31)22-8-12-24(13-9-22)32-5-2/h6-17,19H,4-5,18H2,1-3H3,(H2,28,29,30,31)/t19-/m1/s1. The molecule has 0 aliphatic rings. The summed E-state index contributed by atoms with van der Waals surface area (Å²) in [5.41, 5.74) is 3.67. The topological polar surface area (TPSA) is 75.6 Å². The minimum Gasteiger partial charge on any atom is -0.494 e. The first-order valence-corrected chi connectivity index (χ1v) is 10.9. The number of nitrogens with one attached hydrogen (secondary N) is 2. The third kappa shape index (κ3) is 6.67. The number of rotatable bonds is 8. The molecule has 6 nitrogen and oxygen atoms in total. The van der Waals surface area contributed by atoms with E-state index in [1.807, 2.05) is 31.2 Å². The van der Waals surface area contributed by atoms with E-state index in [0.29, 0.717) is 30.6 Å². The summed E-state index contributed by atoms with van der Waals surface area (Å²) >= 11 is 0. The number of anilines is 1. The number of nitrogens with zero attached hydrogens (tertiary/aromatic N) is 2. The number of guanidine groups is 1. The lowest BCUT2D eigenvalue weighted by Gasteiger charge is -2.14. The van der Waals surface area contributed by atoms with E-state index in [0.717, 1.165) is 23.4 Å². The molecule has 3 rings (SSSR count). The summed E-state index contributed by atoms with van der Waals surface area (Å²) in [6, 6.07) is 19.1. The second-order valence-electron chi connectivity index (χ2n) is 7.49. The highest BCUT2D eigenvalue weighted by atomic mass is 16.5. The Morgan fingerprint density at radius 2 is 1.69 bits per heavy atom. The number of hydrogen-bond acceptors (Lipinski definition) is 4. The predicted molar refractivity (Wildman–Crippen MR) is 129 cm³/mol. The van der Waals surface area contributed by atoms with Gasteiger partial charge in [0.15, 0.2) is 0 Å². The lowest BCUT2D eigenvalue weighted by Crippen LogP contribution is -2.36. The summed E-state index contributed by atoms with van der Waals surface area (Å²) < 4.78 is 5.45.